The zero-order valence-corrected chi connectivity index (χ0v) is 20.1. The molecule has 3 N–H and O–H groups in total. The molecule has 1 saturated heterocycles. The number of piperazine rings is 1. The molecule has 34 heavy (non-hydrogen) atoms. The Kier molecular flexibility index (Phi) is 8.48. The molecule has 1 amide bonds. The summed E-state index contributed by atoms with van der Waals surface area (Å²) in [6.45, 7) is 5.34. The van der Waals surface area contributed by atoms with Crippen molar-refractivity contribution < 1.29 is 27.9 Å². The molecule has 1 fully saturated rings. The first-order valence-electron chi connectivity index (χ1n) is 10.9. The van der Waals surface area contributed by atoms with E-state index in [1.165, 1.54) is 24.3 Å². The normalized spacial score (nSPS) is 14.6. The molecule has 0 aliphatic carbocycles. The zero-order valence-electron chi connectivity index (χ0n) is 19.3. The number of carboxylic acid groups (broad SMARTS) is 1. The van der Waals surface area contributed by atoms with Crippen LogP contribution in [0.2, 0.25) is 0 Å². The van der Waals surface area contributed by atoms with Crippen molar-refractivity contribution >= 4 is 33.3 Å². The molecule has 0 aromatic heterocycles. The third-order valence-electron chi connectivity index (χ3n) is 5.53. The summed E-state index contributed by atoms with van der Waals surface area (Å²) in [6.07, 6.45) is 0. The number of nitrogens with zero attached hydrogens (tertiary/aromatic N) is 2. The van der Waals surface area contributed by atoms with Crippen LogP contribution in [0, 0.1) is 6.92 Å². The molecule has 10 nitrogen and oxygen atoms in total. The van der Waals surface area contributed by atoms with Gasteiger partial charge in [-0.25, -0.2) is 13.2 Å². The van der Waals surface area contributed by atoms with E-state index in [1.54, 1.807) is 25.3 Å². The number of methoxy groups -OCH3 is 1. The van der Waals surface area contributed by atoms with Crippen LogP contribution in [0.1, 0.15) is 15.9 Å². The Labute approximate surface area is 199 Å². The number of hydrogen-bond acceptors (Lipinski definition) is 7. The Morgan fingerprint density at radius 1 is 1.06 bits per heavy atom. The van der Waals surface area contributed by atoms with E-state index in [2.05, 4.69) is 10.0 Å². The van der Waals surface area contributed by atoms with E-state index in [0.717, 1.165) is 5.56 Å². The van der Waals surface area contributed by atoms with Crippen molar-refractivity contribution in [2.75, 3.05) is 62.6 Å². The quantitative estimate of drug-likeness (QED) is 0.426. The fourth-order valence-corrected chi connectivity index (χ4v) is 4.71. The lowest BCUT2D eigenvalue weighted by molar-refractivity contribution is -0.122. The van der Waals surface area contributed by atoms with Crippen LogP contribution in [0.25, 0.3) is 0 Å². The number of aryl methyl sites for hydroxylation is 1. The fraction of sp³-hybridized carbons (Fsp3) is 0.391. The number of amides is 1. The van der Waals surface area contributed by atoms with Gasteiger partial charge in [-0.1, -0.05) is 17.7 Å². The third-order valence-corrected chi connectivity index (χ3v) is 6.91. The van der Waals surface area contributed by atoms with E-state index in [4.69, 9.17) is 4.74 Å². The van der Waals surface area contributed by atoms with Gasteiger partial charge in [-0.3, -0.25) is 14.4 Å². The molecule has 2 aromatic rings. The lowest BCUT2D eigenvalue weighted by atomic mass is 10.1. The minimum absolute atomic E-state index is 0.0169. The predicted octanol–water partition coefficient (Wildman–Crippen LogP) is 1.38. The highest BCUT2D eigenvalue weighted by Gasteiger charge is 2.24. The molecule has 11 heteroatoms. The van der Waals surface area contributed by atoms with Gasteiger partial charge in [0, 0.05) is 39.8 Å². The van der Waals surface area contributed by atoms with Crippen LogP contribution in [0.4, 0.5) is 11.4 Å². The maximum Gasteiger partial charge on any atom is 0.335 e. The summed E-state index contributed by atoms with van der Waals surface area (Å²) >= 11 is 0. The standard InChI is InChI=1S/C23H30N4O6S/c1-17-3-6-19(7-4-17)34(31,32)25-20-15-18(23(29)30)5-8-21(20)27-12-10-26(11-13-27)16-22(28)24-9-14-33-2/h3-8,15,25H,9-14,16H2,1-2H3,(H,24,28)(H,29,30). The molecular weight excluding hydrogens is 460 g/mol. The average Bonchev–Trinajstić information content (AvgIpc) is 2.80. The predicted molar refractivity (Wildman–Crippen MR) is 129 cm³/mol. The number of carbonyl (C=O) groups excluding carboxylic acids is 1. The summed E-state index contributed by atoms with van der Waals surface area (Å²) in [5, 5.41) is 12.2. The van der Waals surface area contributed by atoms with Gasteiger partial charge in [0.15, 0.2) is 0 Å². The van der Waals surface area contributed by atoms with Crippen molar-refractivity contribution in [1.82, 2.24) is 10.2 Å². The first-order valence-corrected chi connectivity index (χ1v) is 12.4. The lowest BCUT2D eigenvalue weighted by Gasteiger charge is -2.36. The Bertz CT molecular complexity index is 1110. The molecule has 3 rings (SSSR count). The molecule has 0 unspecified atom stereocenters. The number of sulfonamides is 1. The molecule has 0 saturated carbocycles. The second kappa shape index (κ2) is 11.3. The molecule has 184 valence electrons. The summed E-state index contributed by atoms with van der Waals surface area (Å²) in [5.41, 5.74) is 1.70. The van der Waals surface area contributed by atoms with Crippen molar-refractivity contribution in [2.24, 2.45) is 0 Å². The van der Waals surface area contributed by atoms with Crippen LogP contribution in [-0.4, -0.2) is 83.3 Å². The highest BCUT2D eigenvalue weighted by Crippen LogP contribution is 2.30. The lowest BCUT2D eigenvalue weighted by Crippen LogP contribution is -2.49. The number of rotatable bonds is 10. The maximum atomic E-state index is 13.0. The van der Waals surface area contributed by atoms with Gasteiger partial charge in [-0.05, 0) is 37.3 Å². The van der Waals surface area contributed by atoms with Crippen LogP contribution in [0.15, 0.2) is 47.4 Å². The summed E-state index contributed by atoms with van der Waals surface area (Å²) in [4.78, 5) is 27.7. The van der Waals surface area contributed by atoms with Crippen LogP contribution < -0.4 is 14.9 Å². The molecule has 0 spiro atoms. The molecule has 1 aliphatic heterocycles. The summed E-state index contributed by atoms with van der Waals surface area (Å²) in [6, 6.07) is 10.8. The average molecular weight is 491 g/mol. The van der Waals surface area contributed by atoms with E-state index >= 15 is 0 Å². The Morgan fingerprint density at radius 3 is 2.35 bits per heavy atom. The van der Waals surface area contributed by atoms with E-state index in [1.807, 2.05) is 16.7 Å². The van der Waals surface area contributed by atoms with Gasteiger partial charge in [0.1, 0.15) is 0 Å². The number of benzene rings is 2. The van der Waals surface area contributed by atoms with E-state index in [0.29, 0.717) is 45.0 Å². The monoisotopic (exact) mass is 490 g/mol. The van der Waals surface area contributed by atoms with Crippen LogP contribution >= 0.6 is 0 Å². The van der Waals surface area contributed by atoms with Gasteiger partial charge < -0.3 is 20.1 Å². The number of anilines is 2. The van der Waals surface area contributed by atoms with Gasteiger partial charge in [-0.15, -0.1) is 0 Å². The smallest absolute Gasteiger partial charge is 0.335 e. The number of carbonyl (C=O) groups is 2. The number of ether oxygens (including phenoxy) is 1. The highest BCUT2D eigenvalue weighted by atomic mass is 32.2. The Morgan fingerprint density at radius 2 is 1.74 bits per heavy atom. The Balaban J connectivity index is 1.74. The molecule has 0 bridgehead atoms. The van der Waals surface area contributed by atoms with Crippen molar-refractivity contribution in [3.05, 3.63) is 53.6 Å². The summed E-state index contributed by atoms with van der Waals surface area (Å²) in [7, 11) is -2.34. The first-order chi connectivity index (χ1) is 16.2. The zero-order chi connectivity index (χ0) is 24.7. The number of aromatic carboxylic acids is 1. The van der Waals surface area contributed by atoms with Crippen molar-refractivity contribution in [3.8, 4) is 0 Å². The molecule has 1 aliphatic rings. The minimum Gasteiger partial charge on any atom is -0.478 e. The van der Waals surface area contributed by atoms with Gasteiger partial charge in [-0.2, -0.15) is 0 Å². The van der Waals surface area contributed by atoms with Crippen LogP contribution in [-0.2, 0) is 19.6 Å². The third kappa shape index (κ3) is 6.69. The van der Waals surface area contributed by atoms with E-state index < -0.39 is 16.0 Å². The van der Waals surface area contributed by atoms with Gasteiger partial charge >= 0.3 is 5.97 Å². The van der Waals surface area contributed by atoms with Gasteiger partial charge in [0.2, 0.25) is 5.91 Å². The van der Waals surface area contributed by atoms with Crippen molar-refractivity contribution in [3.63, 3.8) is 0 Å². The van der Waals surface area contributed by atoms with Gasteiger partial charge in [0.05, 0.1) is 35.0 Å². The summed E-state index contributed by atoms with van der Waals surface area (Å²) in [5.74, 6) is -1.23. The largest absolute Gasteiger partial charge is 0.478 e. The van der Waals surface area contributed by atoms with Crippen LogP contribution in [0.5, 0.6) is 0 Å². The molecule has 2 aromatic carbocycles. The van der Waals surface area contributed by atoms with E-state index in [-0.39, 0.29) is 28.6 Å². The van der Waals surface area contributed by atoms with Crippen molar-refractivity contribution in [2.45, 2.75) is 11.8 Å². The topological polar surface area (TPSA) is 128 Å². The molecular formula is C23H30N4O6S. The maximum absolute atomic E-state index is 13.0. The molecule has 0 atom stereocenters. The summed E-state index contributed by atoms with van der Waals surface area (Å²) < 4.78 is 33.4. The van der Waals surface area contributed by atoms with Gasteiger partial charge in [0.25, 0.3) is 10.0 Å². The van der Waals surface area contributed by atoms with E-state index in [9.17, 15) is 23.1 Å². The first kappa shape index (κ1) is 25.5. The minimum atomic E-state index is -3.91. The second-order valence-electron chi connectivity index (χ2n) is 8.06. The number of nitrogens with one attached hydrogen (secondary N) is 2. The number of hydrogen-bond donors (Lipinski definition) is 3. The molecule has 0 radical (unpaired) electrons. The van der Waals surface area contributed by atoms with Crippen LogP contribution in [0.3, 0.4) is 0 Å². The number of carboxylic acids is 1. The van der Waals surface area contributed by atoms with Crippen molar-refractivity contribution in [1.29, 1.82) is 0 Å². The Hall–Kier alpha value is -3.15. The second-order valence-corrected chi connectivity index (χ2v) is 9.74. The highest BCUT2D eigenvalue weighted by molar-refractivity contribution is 7.92. The molecule has 1 heterocycles. The fourth-order valence-electron chi connectivity index (χ4n) is 3.65. The SMILES string of the molecule is COCCNC(=O)CN1CCN(c2ccc(C(=O)O)cc2NS(=O)(=O)c2ccc(C)cc2)CC1.